The molecule has 3 aromatic rings. The van der Waals surface area contributed by atoms with E-state index in [2.05, 4.69) is 15.7 Å². The zero-order valence-electron chi connectivity index (χ0n) is 19.3. The smallest absolute Gasteiger partial charge is 0.255 e. The maximum atomic E-state index is 13.1. The Morgan fingerprint density at radius 1 is 1.09 bits per heavy atom. The maximum absolute atomic E-state index is 13.1. The highest BCUT2D eigenvalue weighted by Gasteiger charge is 2.18. The van der Waals surface area contributed by atoms with Crippen molar-refractivity contribution in [3.8, 4) is 5.75 Å². The molecule has 9 nitrogen and oxygen atoms in total. The standard InChI is InChI=1S/C25H29N5O4/c1-18-8-9-22-20(15-18)25(33)27-10-13-29(12-4-7-23(31)26-11-14-34-22)24(32)17-30-16-19-5-2-3-6-21(19)28-30/h2-3,5-6,8-9,15-16H,4,7,10-14,17H2,1H3,(H,26,31)(H,27,33). The van der Waals surface area contributed by atoms with Crippen molar-refractivity contribution < 1.29 is 19.1 Å². The molecule has 9 heteroatoms. The molecule has 4 rings (SSSR count). The van der Waals surface area contributed by atoms with E-state index in [4.69, 9.17) is 4.74 Å². The van der Waals surface area contributed by atoms with Crippen molar-refractivity contribution in [1.82, 2.24) is 25.3 Å². The summed E-state index contributed by atoms with van der Waals surface area (Å²) in [5.74, 6) is -0.0110. The number of hydrogen-bond acceptors (Lipinski definition) is 5. The molecule has 1 aliphatic rings. The van der Waals surface area contributed by atoms with Crippen LogP contribution in [0.2, 0.25) is 0 Å². The van der Waals surface area contributed by atoms with Gasteiger partial charge in [0.2, 0.25) is 11.8 Å². The number of nitrogens with one attached hydrogen (secondary N) is 2. The molecular formula is C25H29N5O4. The molecule has 0 saturated heterocycles. The first kappa shape index (κ1) is 23.3. The fraction of sp³-hybridized carbons (Fsp3) is 0.360. The lowest BCUT2D eigenvalue weighted by Crippen LogP contribution is -2.41. The van der Waals surface area contributed by atoms with E-state index in [0.29, 0.717) is 43.8 Å². The number of aromatic nitrogens is 2. The molecule has 34 heavy (non-hydrogen) atoms. The van der Waals surface area contributed by atoms with Crippen molar-refractivity contribution in [2.45, 2.75) is 26.3 Å². The maximum Gasteiger partial charge on any atom is 0.255 e. The van der Waals surface area contributed by atoms with Crippen molar-refractivity contribution in [1.29, 1.82) is 0 Å². The van der Waals surface area contributed by atoms with E-state index < -0.39 is 0 Å². The van der Waals surface area contributed by atoms with Gasteiger partial charge in [0.25, 0.3) is 5.91 Å². The summed E-state index contributed by atoms with van der Waals surface area (Å²) in [7, 11) is 0. The van der Waals surface area contributed by atoms with E-state index in [1.807, 2.05) is 43.5 Å². The second kappa shape index (κ2) is 10.8. The Hall–Kier alpha value is -3.88. The number of ether oxygens (including phenoxy) is 1. The SMILES string of the molecule is Cc1ccc2c(c1)C(=O)NCCN(C(=O)Cn1cc3ccccc3n1)CCCC(=O)NCCO2. The van der Waals surface area contributed by atoms with Gasteiger partial charge in [0.1, 0.15) is 18.9 Å². The van der Waals surface area contributed by atoms with Crippen molar-refractivity contribution in [3.63, 3.8) is 0 Å². The van der Waals surface area contributed by atoms with Gasteiger partial charge in [0.05, 0.1) is 17.6 Å². The summed E-state index contributed by atoms with van der Waals surface area (Å²) < 4.78 is 7.37. The number of carbonyl (C=O) groups excluding carboxylic acids is 3. The predicted molar refractivity (Wildman–Crippen MR) is 128 cm³/mol. The lowest BCUT2D eigenvalue weighted by molar-refractivity contribution is -0.132. The molecule has 1 aromatic heterocycles. The number of hydrogen-bond donors (Lipinski definition) is 2. The van der Waals surface area contributed by atoms with Crippen LogP contribution in [0.3, 0.4) is 0 Å². The Morgan fingerprint density at radius 2 is 1.94 bits per heavy atom. The van der Waals surface area contributed by atoms with Crippen LogP contribution >= 0.6 is 0 Å². The number of rotatable bonds is 2. The second-order valence-corrected chi connectivity index (χ2v) is 8.32. The number of fused-ring (bicyclic) bond motifs is 2. The summed E-state index contributed by atoms with van der Waals surface area (Å²) in [6, 6.07) is 13.1. The number of aryl methyl sites for hydroxylation is 1. The van der Waals surface area contributed by atoms with Crippen molar-refractivity contribution >= 4 is 28.6 Å². The van der Waals surface area contributed by atoms with Crippen molar-refractivity contribution in [3.05, 3.63) is 59.8 Å². The monoisotopic (exact) mass is 463 g/mol. The van der Waals surface area contributed by atoms with E-state index in [9.17, 15) is 14.4 Å². The van der Waals surface area contributed by atoms with Gasteiger partial charge in [-0.15, -0.1) is 0 Å². The highest BCUT2D eigenvalue weighted by Crippen LogP contribution is 2.20. The molecule has 0 spiro atoms. The van der Waals surface area contributed by atoms with Gasteiger partial charge in [-0.05, 0) is 31.5 Å². The zero-order valence-corrected chi connectivity index (χ0v) is 19.3. The van der Waals surface area contributed by atoms with Gasteiger partial charge in [-0.1, -0.05) is 29.8 Å². The van der Waals surface area contributed by atoms with E-state index in [1.165, 1.54) is 0 Å². The van der Waals surface area contributed by atoms with Crippen LogP contribution in [0.1, 0.15) is 28.8 Å². The summed E-state index contributed by atoms with van der Waals surface area (Å²) >= 11 is 0. The molecule has 0 unspecified atom stereocenters. The molecule has 178 valence electrons. The zero-order chi connectivity index (χ0) is 23.9. The average Bonchev–Trinajstić information content (AvgIpc) is 3.23. The molecule has 2 N–H and O–H groups in total. The molecule has 0 bridgehead atoms. The molecule has 0 aliphatic carbocycles. The Bertz CT molecular complexity index is 1160. The highest BCUT2D eigenvalue weighted by molar-refractivity contribution is 5.97. The van der Waals surface area contributed by atoms with E-state index >= 15 is 0 Å². The Balaban J connectivity index is 1.47. The van der Waals surface area contributed by atoms with Crippen LogP contribution in [0, 0.1) is 6.92 Å². The highest BCUT2D eigenvalue weighted by atomic mass is 16.5. The van der Waals surface area contributed by atoms with Crippen molar-refractivity contribution in [2.75, 3.05) is 32.8 Å². The molecule has 0 atom stereocenters. The number of amides is 3. The van der Waals surface area contributed by atoms with E-state index in [0.717, 1.165) is 16.5 Å². The molecule has 2 heterocycles. The van der Waals surface area contributed by atoms with Gasteiger partial charge in [0, 0.05) is 37.6 Å². The predicted octanol–water partition coefficient (Wildman–Crippen LogP) is 1.89. The van der Waals surface area contributed by atoms with Crippen molar-refractivity contribution in [2.24, 2.45) is 0 Å². The number of benzene rings is 2. The van der Waals surface area contributed by atoms with Crippen LogP contribution in [-0.2, 0) is 16.1 Å². The molecule has 0 fully saturated rings. The molecule has 1 aliphatic heterocycles. The van der Waals surface area contributed by atoms with Crippen LogP contribution in [0.5, 0.6) is 5.75 Å². The van der Waals surface area contributed by atoms with Crippen LogP contribution in [0.4, 0.5) is 0 Å². The molecule has 0 radical (unpaired) electrons. The third kappa shape index (κ3) is 5.92. The average molecular weight is 464 g/mol. The van der Waals surface area contributed by atoms with Gasteiger partial charge in [0.15, 0.2) is 0 Å². The Morgan fingerprint density at radius 3 is 2.79 bits per heavy atom. The van der Waals surface area contributed by atoms with Crippen LogP contribution < -0.4 is 15.4 Å². The molecule has 0 saturated carbocycles. The number of carbonyl (C=O) groups is 3. The van der Waals surface area contributed by atoms with Gasteiger partial charge < -0.3 is 20.3 Å². The summed E-state index contributed by atoms with van der Waals surface area (Å²) in [6.45, 7) is 3.61. The first-order valence-electron chi connectivity index (χ1n) is 11.5. The van der Waals surface area contributed by atoms with E-state index in [-0.39, 0.29) is 37.4 Å². The summed E-state index contributed by atoms with van der Waals surface area (Å²) in [4.78, 5) is 39.8. The van der Waals surface area contributed by atoms with Gasteiger partial charge in [-0.25, -0.2) is 0 Å². The first-order chi connectivity index (χ1) is 16.5. The van der Waals surface area contributed by atoms with Gasteiger partial charge in [-0.2, -0.15) is 5.10 Å². The van der Waals surface area contributed by atoms with Gasteiger partial charge >= 0.3 is 0 Å². The topological polar surface area (TPSA) is 106 Å². The molecule has 2 aromatic carbocycles. The fourth-order valence-electron chi connectivity index (χ4n) is 3.91. The minimum atomic E-state index is -0.261. The molecular weight excluding hydrogens is 434 g/mol. The quantitative estimate of drug-likeness (QED) is 0.604. The second-order valence-electron chi connectivity index (χ2n) is 8.32. The lowest BCUT2D eigenvalue weighted by Gasteiger charge is -2.23. The van der Waals surface area contributed by atoms with Crippen LogP contribution in [0.25, 0.3) is 10.9 Å². The Kier molecular flexibility index (Phi) is 7.41. The van der Waals surface area contributed by atoms with E-state index in [1.54, 1.807) is 21.7 Å². The largest absolute Gasteiger partial charge is 0.491 e. The van der Waals surface area contributed by atoms with Gasteiger partial charge in [-0.3, -0.25) is 19.1 Å². The number of nitrogens with zero attached hydrogens (tertiary/aromatic N) is 3. The third-order valence-electron chi connectivity index (χ3n) is 5.67. The third-order valence-corrected chi connectivity index (χ3v) is 5.67. The molecule has 3 amide bonds. The summed E-state index contributed by atoms with van der Waals surface area (Å²) in [5.41, 5.74) is 2.20. The first-order valence-corrected chi connectivity index (χ1v) is 11.5. The van der Waals surface area contributed by atoms with Crippen LogP contribution in [-0.4, -0.2) is 65.2 Å². The minimum Gasteiger partial charge on any atom is -0.491 e. The Labute approximate surface area is 198 Å². The van der Waals surface area contributed by atoms with Crippen LogP contribution in [0.15, 0.2) is 48.7 Å². The lowest BCUT2D eigenvalue weighted by atomic mass is 10.1. The summed E-state index contributed by atoms with van der Waals surface area (Å²) in [6.07, 6.45) is 2.67. The summed E-state index contributed by atoms with van der Waals surface area (Å²) in [5, 5.41) is 11.1. The normalized spacial score (nSPS) is 16.0. The minimum absolute atomic E-state index is 0.0880. The fourth-order valence-corrected chi connectivity index (χ4v) is 3.91.